The van der Waals surface area contributed by atoms with E-state index in [1.54, 1.807) is 7.05 Å². The third-order valence-electron chi connectivity index (χ3n) is 1.83. The van der Waals surface area contributed by atoms with Crippen LogP contribution in [0.1, 0.15) is 16.1 Å². The first-order valence-electron chi connectivity index (χ1n) is 3.29. The van der Waals surface area contributed by atoms with Crippen LogP contribution in [-0.4, -0.2) is 15.7 Å². The molecule has 3 N–H and O–H groups in total. The molecule has 0 bridgehead atoms. The zero-order valence-corrected chi connectivity index (χ0v) is 6.09. The summed E-state index contributed by atoms with van der Waals surface area (Å²) < 4.78 is 1.52. The average molecular weight is 152 g/mol. The minimum Gasteiger partial charge on any atom is -0.384 e. The Hall–Kier alpha value is -1.52. The molecule has 5 nitrogen and oxygen atoms in total. The van der Waals surface area contributed by atoms with Gasteiger partial charge in [0, 0.05) is 19.2 Å². The van der Waals surface area contributed by atoms with Gasteiger partial charge in [-0.1, -0.05) is 0 Å². The van der Waals surface area contributed by atoms with Gasteiger partial charge in [0.05, 0.1) is 0 Å². The fourth-order valence-electron chi connectivity index (χ4n) is 1.19. The number of nitrogens with one attached hydrogen (secondary N) is 1. The molecule has 0 spiro atoms. The van der Waals surface area contributed by atoms with Crippen LogP contribution in [0.3, 0.4) is 0 Å². The Bertz CT molecular complexity index is 328. The lowest BCUT2D eigenvalue weighted by molar-refractivity contribution is 0.0960. The number of fused-ring (bicyclic) bond motifs is 1. The van der Waals surface area contributed by atoms with Gasteiger partial charge in [0.25, 0.3) is 5.91 Å². The second-order valence-corrected chi connectivity index (χ2v) is 2.52. The summed E-state index contributed by atoms with van der Waals surface area (Å²) in [6.07, 6.45) is 0. The van der Waals surface area contributed by atoms with Crippen molar-refractivity contribution in [3.05, 3.63) is 11.3 Å². The van der Waals surface area contributed by atoms with Gasteiger partial charge in [-0.15, -0.1) is 0 Å². The molecule has 0 aromatic carbocycles. The first-order chi connectivity index (χ1) is 5.20. The lowest BCUT2D eigenvalue weighted by Crippen LogP contribution is -2.15. The average Bonchev–Trinajstić information content (AvgIpc) is 2.43. The highest BCUT2D eigenvalue weighted by atomic mass is 16.2. The van der Waals surface area contributed by atoms with E-state index in [-0.39, 0.29) is 5.91 Å². The highest BCUT2D eigenvalue weighted by Crippen LogP contribution is 2.19. The summed E-state index contributed by atoms with van der Waals surface area (Å²) in [7, 11) is 1.72. The van der Waals surface area contributed by atoms with Crippen LogP contribution in [0.25, 0.3) is 0 Å². The van der Waals surface area contributed by atoms with E-state index in [9.17, 15) is 4.79 Å². The predicted octanol–water partition coefficient (Wildman–Crippen LogP) is -0.754. The van der Waals surface area contributed by atoms with Crippen LogP contribution in [0.15, 0.2) is 0 Å². The number of hydrogen-bond donors (Lipinski definition) is 2. The van der Waals surface area contributed by atoms with E-state index in [0.29, 0.717) is 18.1 Å². The predicted molar refractivity (Wildman–Crippen MR) is 38.8 cm³/mol. The number of anilines is 1. The van der Waals surface area contributed by atoms with Crippen molar-refractivity contribution in [2.45, 2.75) is 6.54 Å². The summed E-state index contributed by atoms with van der Waals surface area (Å²) in [5, 5.41) is 6.59. The molecule has 1 aromatic rings. The fourth-order valence-corrected chi connectivity index (χ4v) is 1.19. The summed E-state index contributed by atoms with van der Waals surface area (Å²) in [6.45, 7) is 0.508. The number of nitrogens with zero attached hydrogens (tertiary/aromatic N) is 2. The van der Waals surface area contributed by atoms with Crippen LogP contribution in [0.2, 0.25) is 0 Å². The normalized spacial score (nSPS) is 14.8. The standard InChI is InChI=1S/C6H8N4O/c1-10-5(7)3-2-8-6(11)4(3)9-10/h2,7H2,1H3,(H,8,11). The van der Waals surface area contributed by atoms with Gasteiger partial charge in [-0.3, -0.25) is 9.48 Å². The third-order valence-corrected chi connectivity index (χ3v) is 1.83. The smallest absolute Gasteiger partial charge is 0.272 e. The van der Waals surface area contributed by atoms with Crippen molar-refractivity contribution in [3.63, 3.8) is 0 Å². The molecule has 0 atom stereocenters. The zero-order chi connectivity index (χ0) is 8.01. The Balaban J connectivity index is 2.66. The van der Waals surface area contributed by atoms with E-state index in [4.69, 9.17) is 5.73 Å². The maximum absolute atomic E-state index is 11.0. The largest absolute Gasteiger partial charge is 0.384 e. The van der Waals surface area contributed by atoms with E-state index in [1.165, 1.54) is 4.68 Å². The molecule has 0 unspecified atom stereocenters. The zero-order valence-electron chi connectivity index (χ0n) is 6.09. The topological polar surface area (TPSA) is 72.9 Å². The van der Waals surface area contributed by atoms with E-state index in [0.717, 1.165) is 5.56 Å². The van der Waals surface area contributed by atoms with Gasteiger partial charge in [-0.25, -0.2) is 0 Å². The number of aryl methyl sites for hydroxylation is 1. The molecule has 0 fully saturated rings. The number of amides is 1. The van der Waals surface area contributed by atoms with Crippen LogP contribution in [-0.2, 0) is 13.6 Å². The number of aromatic nitrogens is 2. The quantitative estimate of drug-likeness (QED) is 0.513. The number of hydrogen-bond acceptors (Lipinski definition) is 3. The van der Waals surface area contributed by atoms with Gasteiger partial charge in [0.1, 0.15) is 5.82 Å². The minimum absolute atomic E-state index is 0.132. The van der Waals surface area contributed by atoms with Gasteiger partial charge in [-0.05, 0) is 0 Å². The third kappa shape index (κ3) is 0.646. The summed E-state index contributed by atoms with van der Waals surface area (Å²) in [4.78, 5) is 11.0. The number of carbonyl (C=O) groups excluding carboxylic acids is 1. The molecule has 11 heavy (non-hydrogen) atoms. The number of nitrogen functional groups attached to an aromatic ring is 1. The van der Waals surface area contributed by atoms with Crippen molar-refractivity contribution in [1.29, 1.82) is 0 Å². The van der Waals surface area contributed by atoms with Crippen LogP contribution in [0.5, 0.6) is 0 Å². The Labute approximate surface area is 63.2 Å². The van der Waals surface area contributed by atoms with Gasteiger partial charge in [-0.2, -0.15) is 5.10 Å². The molecule has 58 valence electrons. The van der Waals surface area contributed by atoms with E-state index >= 15 is 0 Å². The lowest BCUT2D eigenvalue weighted by atomic mass is 10.3. The molecule has 0 aliphatic carbocycles. The monoisotopic (exact) mass is 152 g/mol. The van der Waals surface area contributed by atoms with E-state index < -0.39 is 0 Å². The maximum atomic E-state index is 11.0. The molecular formula is C6H8N4O. The second kappa shape index (κ2) is 1.75. The molecule has 0 radical (unpaired) electrons. The number of rotatable bonds is 0. The highest BCUT2D eigenvalue weighted by Gasteiger charge is 2.25. The molecule has 0 saturated heterocycles. The van der Waals surface area contributed by atoms with Gasteiger partial charge in [0.15, 0.2) is 5.69 Å². The molecule has 1 aliphatic heterocycles. The summed E-state index contributed by atoms with van der Waals surface area (Å²) >= 11 is 0. The molecule has 2 rings (SSSR count). The van der Waals surface area contributed by atoms with Crippen LogP contribution < -0.4 is 11.1 Å². The van der Waals surface area contributed by atoms with Crippen LogP contribution in [0.4, 0.5) is 5.82 Å². The number of nitrogens with two attached hydrogens (primary N) is 1. The lowest BCUT2D eigenvalue weighted by Gasteiger charge is -1.95. The minimum atomic E-state index is -0.132. The Morgan fingerprint density at radius 1 is 1.73 bits per heavy atom. The van der Waals surface area contributed by atoms with Gasteiger partial charge < -0.3 is 11.1 Å². The van der Waals surface area contributed by atoms with Crippen molar-refractivity contribution in [2.24, 2.45) is 7.05 Å². The van der Waals surface area contributed by atoms with Gasteiger partial charge >= 0.3 is 0 Å². The summed E-state index contributed by atoms with van der Waals surface area (Å²) in [6, 6.07) is 0. The van der Waals surface area contributed by atoms with Crippen LogP contribution >= 0.6 is 0 Å². The van der Waals surface area contributed by atoms with Gasteiger partial charge in [0.2, 0.25) is 0 Å². The number of carbonyl (C=O) groups is 1. The Kier molecular flexibility index (Phi) is 0.986. The first kappa shape index (κ1) is 6.21. The molecule has 0 saturated carbocycles. The molecule has 1 aliphatic rings. The first-order valence-corrected chi connectivity index (χ1v) is 3.29. The van der Waals surface area contributed by atoms with Crippen molar-refractivity contribution >= 4 is 11.7 Å². The van der Waals surface area contributed by atoms with Crippen molar-refractivity contribution < 1.29 is 4.79 Å². The van der Waals surface area contributed by atoms with Crippen LogP contribution in [0, 0.1) is 0 Å². The molecule has 1 aromatic heterocycles. The second-order valence-electron chi connectivity index (χ2n) is 2.52. The summed E-state index contributed by atoms with van der Waals surface area (Å²) in [5.74, 6) is 0.436. The van der Waals surface area contributed by atoms with Crippen molar-refractivity contribution in [3.8, 4) is 0 Å². The van der Waals surface area contributed by atoms with Crippen molar-refractivity contribution in [2.75, 3.05) is 5.73 Å². The molecular weight excluding hydrogens is 144 g/mol. The fraction of sp³-hybridized carbons (Fsp3) is 0.333. The highest BCUT2D eigenvalue weighted by molar-refractivity contribution is 5.97. The van der Waals surface area contributed by atoms with Crippen molar-refractivity contribution in [1.82, 2.24) is 15.1 Å². The Morgan fingerprint density at radius 2 is 2.45 bits per heavy atom. The van der Waals surface area contributed by atoms with E-state index in [1.807, 2.05) is 0 Å². The Morgan fingerprint density at radius 3 is 3.09 bits per heavy atom. The molecule has 5 heteroatoms. The molecule has 2 heterocycles. The molecule has 1 amide bonds. The van der Waals surface area contributed by atoms with E-state index in [2.05, 4.69) is 10.4 Å². The SMILES string of the molecule is Cn1nc2c(c1N)CNC2=O. The summed E-state index contributed by atoms with van der Waals surface area (Å²) in [5.41, 5.74) is 6.90. The maximum Gasteiger partial charge on any atom is 0.272 e.